The standard InChI is InChI=1S/C23H23I2N3O4S/c1-13(2)26-23-27(14(3)4)22(29)20(33-23)11-16-9-18(24)21(19(25)10-16)32-12-15-5-7-17(8-6-15)28(30)31/h5-11,13-14H,12H2,1-4H3/b20-11+,26-23?. The Balaban J connectivity index is 1.80. The van der Waals surface area contributed by atoms with Gasteiger partial charge in [0.2, 0.25) is 0 Å². The number of aliphatic imine (C=N–C) groups is 1. The van der Waals surface area contributed by atoms with Crippen LogP contribution in [0.15, 0.2) is 46.3 Å². The molecule has 174 valence electrons. The van der Waals surface area contributed by atoms with E-state index >= 15 is 0 Å². The summed E-state index contributed by atoms with van der Waals surface area (Å²) in [6.45, 7) is 8.27. The molecular weight excluding hydrogens is 668 g/mol. The molecular formula is C23H23I2N3O4S. The van der Waals surface area contributed by atoms with Gasteiger partial charge in [0.05, 0.1) is 17.0 Å². The minimum absolute atomic E-state index is 0.0297. The number of hydrogen-bond donors (Lipinski definition) is 0. The smallest absolute Gasteiger partial charge is 0.269 e. The largest absolute Gasteiger partial charge is 0.487 e. The van der Waals surface area contributed by atoms with Crippen LogP contribution in [0.5, 0.6) is 5.75 Å². The van der Waals surface area contributed by atoms with Crippen molar-refractivity contribution in [3.05, 3.63) is 69.7 Å². The fraction of sp³-hybridized carbons (Fsp3) is 0.304. The topological polar surface area (TPSA) is 85.0 Å². The van der Waals surface area contributed by atoms with Gasteiger partial charge in [-0.2, -0.15) is 0 Å². The van der Waals surface area contributed by atoms with Gasteiger partial charge >= 0.3 is 0 Å². The van der Waals surface area contributed by atoms with Crippen molar-refractivity contribution in [3.8, 4) is 5.75 Å². The molecule has 10 heteroatoms. The summed E-state index contributed by atoms with van der Waals surface area (Å²) in [7, 11) is 0. The van der Waals surface area contributed by atoms with E-state index in [9.17, 15) is 14.9 Å². The lowest BCUT2D eigenvalue weighted by molar-refractivity contribution is -0.384. The van der Waals surface area contributed by atoms with Crippen LogP contribution in [0.1, 0.15) is 38.8 Å². The molecule has 3 rings (SSSR count). The number of nitrogens with zero attached hydrogens (tertiary/aromatic N) is 3. The van der Waals surface area contributed by atoms with Crippen molar-refractivity contribution in [1.82, 2.24) is 4.90 Å². The van der Waals surface area contributed by atoms with Crippen molar-refractivity contribution in [2.24, 2.45) is 4.99 Å². The van der Waals surface area contributed by atoms with Gasteiger partial charge in [-0.3, -0.25) is 24.8 Å². The van der Waals surface area contributed by atoms with Crippen LogP contribution in [0.2, 0.25) is 0 Å². The fourth-order valence-corrected chi connectivity index (χ4v) is 6.43. The lowest BCUT2D eigenvalue weighted by Gasteiger charge is -2.20. The molecule has 0 N–H and O–H groups in total. The van der Waals surface area contributed by atoms with Crippen LogP contribution in [0.4, 0.5) is 5.69 Å². The molecule has 0 aliphatic carbocycles. The van der Waals surface area contributed by atoms with Gasteiger partial charge in [-0.15, -0.1) is 0 Å². The fourth-order valence-electron chi connectivity index (χ4n) is 3.07. The van der Waals surface area contributed by atoms with E-state index in [4.69, 9.17) is 4.74 Å². The maximum absolute atomic E-state index is 13.0. The third kappa shape index (κ3) is 6.47. The second-order valence-corrected chi connectivity index (χ2v) is 11.2. The van der Waals surface area contributed by atoms with Crippen molar-refractivity contribution < 1.29 is 14.5 Å². The zero-order valence-electron chi connectivity index (χ0n) is 18.5. The molecule has 0 bridgehead atoms. The summed E-state index contributed by atoms with van der Waals surface area (Å²) < 4.78 is 7.84. The van der Waals surface area contributed by atoms with Crippen LogP contribution >= 0.6 is 56.9 Å². The Hall–Kier alpha value is -1.67. The lowest BCUT2D eigenvalue weighted by atomic mass is 10.2. The Labute approximate surface area is 224 Å². The molecule has 0 radical (unpaired) electrons. The monoisotopic (exact) mass is 691 g/mol. The number of carbonyl (C=O) groups excluding carboxylic acids is 1. The maximum Gasteiger partial charge on any atom is 0.269 e. The number of amidine groups is 1. The minimum Gasteiger partial charge on any atom is -0.487 e. The summed E-state index contributed by atoms with van der Waals surface area (Å²) in [5, 5.41) is 11.5. The van der Waals surface area contributed by atoms with Crippen molar-refractivity contribution >= 4 is 79.8 Å². The highest BCUT2D eigenvalue weighted by molar-refractivity contribution is 14.1. The third-order valence-electron chi connectivity index (χ3n) is 4.57. The number of ether oxygens (including phenoxy) is 1. The molecule has 1 aliphatic rings. The first kappa shape index (κ1) is 25.9. The molecule has 0 atom stereocenters. The molecule has 1 aliphatic heterocycles. The average Bonchev–Trinajstić information content (AvgIpc) is 3.01. The summed E-state index contributed by atoms with van der Waals surface area (Å²) in [6.07, 6.45) is 1.90. The Morgan fingerprint density at radius 1 is 1.15 bits per heavy atom. The SMILES string of the molecule is CC(C)N=C1S/C(=C/c2cc(I)c(OCc3ccc([N+](=O)[O-])cc3)c(I)c2)C(=O)N1C(C)C. The predicted octanol–water partition coefficient (Wildman–Crippen LogP) is 6.47. The Bertz CT molecular complexity index is 1110. The van der Waals surface area contributed by atoms with E-state index in [1.54, 1.807) is 17.0 Å². The van der Waals surface area contributed by atoms with Crippen LogP contribution in [-0.4, -0.2) is 33.0 Å². The van der Waals surface area contributed by atoms with Crippen LogP contribution in [0, 0.1) is 17.3 Å². The number of nitro benzene ring substituents is 1. The van der Waals surface area contributed by atoms with Gasteiger partial charge in [0.1, 0.15) is 12.4 Å². The molecule has 1 fully saturated rings. The Morgan fingerprint density at radius 2 is 1.76 bits per heavy atom. The number of non-ortho nitro benzene ring substituents is 1. The number of rotatable bonds is 7. The van der Waals surface area contributed by atoms with Gasteiger partial charge in [0, 0.05) is 24.2 Å². The number of amides is 1. The van der Waals surface area contributed by atoms with Gasteiger partial charge in [-0.05, 0) is 126 Å². The van der Waals surface area contributed by atoms with Crippen molar-refractivity contribution in [2.75, 3.05) is 0 Å². The van der Waals surface area contributed by atoms with E-state index in [0.717, 1.165) is 29.2 Å². The quantitative estimate of drug-likeness (QED) is 0.144. The highest BCUT2D eigenvalue weighted by Gasteiger charge is 2.35. The predicted molar refractivity (Wildman–Crippen MR) is 149 cm³/mol. The van der Waals surface area contributed by atoms with Crippen LogP contribution in [-0.2, 0) is 11.4 Å². The van der Waals surface area contributed by atoms with Gasteiger partial charge in [-0.1, -0.05) is 0 Å². The van der Waals surface area contributed by atoms with E-state index < -0.39 is 4.92 Å². The van der Waals surface area contributed by atoms with Crippen molar-refractivity contribution in [1.29, 1.82) is 0 Å². The first-order valence-corrected chi connectivity index (χ1v) is 13.2. The second kappa shape index (κ2) is 11.2. The molecule has 0 spiro atoms. The number of thioether (sulfide) groups is 1. The molecule has 7 nitrogen and oxygen atoms in total. The molecule has 1 saturated heterocycles. The molecule has 0 aromatic heterocycles. The summed E-state index contributed by atoms with van der Waals surface area (Å²) in [5.74, 6) is 0.714. The first-order chi connectivity index (χ1) is 15.6. The summed E-state index contributed by atoms with van der Waals surface area (Å²) in [4.78, 5) is 30.4. The van der Waals surface area contributed by atoms with Crippen LogP contribution < -0.4 is 4.74 Å². The van der Waals surface area contributed by atoms with E-state index in [1.807, 2.05) is 45.9 Å². The van der Waals surface area contributed by atoms with Crippen molar-refractivity contribution in [3.63, 3.8) is 0 Å². The Morgan fingerprint density at radius 3 is 2.27 bits per heavy atom. The van der Waals surface area contributed by atoms with E-state index in [0.29, 0.717) is 11.5 Å². The van der Waals surface area contributed by atoms with Gasteiger partial charge in [0.25, 0.3) is 11.6 Å². The van der Waals surface area contributed by atoms with Gasteiger partial charge in [-0.25, -0.2) is 0 Å². The summed E-state index contributed by atoms with van der Waals surface area (Å²) in [5.41, 5.74) is 1.81. The maximum atomic E-state index is 13.0. The second-order valence-electron chi connectivity index (χ2n) is 7.91. The molecule has 1 heterocycles. The van der Waals surface area contributed by atoms with Crippen LogP contribution in [0.25, 0.3) is 6.08 Å². The van der Waals surface area contributed by atoms with E-state index in [2.05, 4.69) is 50.2 Å². The molecule has 1 amide bonds. The number of halogens is 2. The number of carbonyl (C=O) groups is 1. The lowest BCUT2D eigenvalue weighted by Crippen LogP contribution is -2.35. The van der Waals surface area contributed by atoms with Crippen LogP contribution in [0.3, 0.4) is 0 Å². The first-order valence-electron chi connectivity index (χ1n) is 10.2. The minimum atomic E-state index is -0.421. The van der Waals surface area contributed by atoms with Gasteiger partial charge in [0.15, 0.2) is 5.17 Å². The molecule has 2 aromatic carbocycles. The van der Waals surface area contributed by atoms with E-state index in [1.165, 1.54) is 23.9 Å². The third-order valence-corrected chi connectivity index (χ3v) is 7.17. The average molecular weight is 691 g/mol. The molecule has 0 unspecified atom stereocenters. The van der Waals surface area contributed by atoms with E-state index in [-0.39, 0.29) is 23.7 Å². The molecule has 0 saturated carbocycles. The molecule has 33 heavy (non-hydrogen) atoms. The number of hydrogen-bond acceptors (Lipinski definition) is 6. The highest BCUT2D eigenvalue weighted by Crippen LogP contribution is 2.36. The molecule has 2 aromatic rings. The zero-order chi connectivity index (χ0) is 24.3. The normalized spacial score (nSPS) is 16.5. The Kier molecular flexibility index (Phi) is 8.78. The summed E-state index contributed by atoms with van der Waals surface area (Å²) >= 11 is 5.85. The van der Waals surface area contributed by atoms with Gasteiger partial charge < -0.3 is 4.74 Å². The highest BCUT2D eigenvalue weighted by atomic mass is 127. The summed E-state index contributed by atoms with van der Waals surface area (Å²) in [6, 6.07) is 10.4. The number of nitro groups is 1. The number of benzene rings is 2. The van der Waals surface area contributed by atoms with Crippen molar-refractivity contribution in [2.45, 2.75) is 46.4 Å². The zero-order valence-corrected chi connectivity index (χ0v) is 23.7.